The van der Waals surface area contributed by atoms with Crippen LogP contribution in [-0.2, 0) is 9.59 Å². The Hall–Kier alpha value is -1.75. The van der Waals surface area contributed by atoms with Gasteiger partial charge in [0, 0.05) is 23.9 Å². The summed E-state index contributed by atoms with van der Waals surface area (Å²) in [5.41, 5.74) is -0.526. The number of nitrogens with one attached hydrogen (secondary N) is 1. The summed E-state index contributed by atoms with van der Waals surface area (Å²) in [5.74, 6) is -0.120. The Bertz CT molecular complexity index is 670. The maximum Gasteiger partial charge on any atom is 0.237 e. The average molecular weight is 394 g/mol. The van der Waals surface area contributed by atoms with Gasteiger partial charge in [-0.25, -0.2) is 8.78 Å². The second-order valence-corrected chi connectivity index (χ2v) is 9.08. The third-order valence-electron chi connectivity index (χ3n) is 7.45. The molecule has 3 aliphatic carbocycles. The highest BCUT2D eigenvalue weighted by atomic mass is 19.1. The smallest absolute Gasteiger partial charge is 0.237 e. The van der Waals surface area contributed by atoms with Crippen LogP contribution < -0.4 is 5.32 Å². The van der Waals surface area contributed by atoms with Crippen LogP contribution in [0.3, 0.4) is 0 Å². The second kappa shape index (κ2) is 7.25. The zero-order chi connectivity index (χ0) is 19.9. The number of rotatable bonds is 4. The zero-order valence-electron chi connectivity index (χ0n) is 16.1. The molecule has 3 saturated carbocycles. The molecule has 1 N–H and O–H groups in total. The minimum atomic E-state index is -1.13. The lowest BCUT2D eigenvalue weighted by atomic mass is 9.56. The van der Waals surface area contributed by atoms with Crippen molar-refractivity contribution < 1.29 is 18.4 Å². The fraction of sp³-hybridized carbons (Fsp3) is 0.850. The van der Waals surface area contributed by atoms with Gasteiger partial charge < -0.3 is 15.1 Å². The van der Waals surface area contributed by atoms with Gasteiger partial charge in [-0.05, 0) is 44.9 Å². The number of likely N-dealkylation sites (tertiary alicyclic amines) is 2. The highest BCUT2D eigenvalue weighted by Gasteiger charge is 2.54. The molecule has 8 heteroatoms. The molecule has 0 aromatic carbocycles. The molecule has 5 fully saturated rings. The molecular formula is C20H28F2N4O2. The molecule has 2 heterocycles. The topological polar surface area (TPSA) is 76.4 Å². The van der Waals surface area contributed by atoms with Gasteiger partial charge in [-0.3, -0.25) is 9.59 Å². The molecule has 0 spiro atoms. The fourth-order valence-electron chi connectivity index (χ4n) is 5.56. The lowest BCUT2D eigenvalue weighted by molar-refractivity contribution is -0.149. The summed E-state index contributed by atoms with van der Waals surface area (Å²) in [4.78, 5) is 28.5. The van der Waals surface area contributed by atoms with E-state index in [9.17, 15) is 18.4 Å². The minimum absolute atomic E-state index is 0.00521. The van der Waals surface area contributed by atoms with Crippen molar-refractivity contribution in [2.24, 2.45) is 5.41 Å². The Balaban J connectivity index is 1.32. The molecular weight excluding hydrogens is 366 g/mol. The Morgan fingerprint density at radius 3 is 2.32 bits per heavy atom. The summed E-state index contributed by atoms with van der Waals surface area (Å²) >= 11 is 0. The molecule has 2 bridgehead atoms. The van der Waals surface area contributed by atoms with Crippen molar-refractivity contribution in [1.82, 2.24) is 15.1 Å². The van der Waals surface area contributed by atoms with Crippen molar-refractivity contribution in [1.29, 1.82) is 5.26 Å². The zero-order valence-corrected chi connectivity index (χ0v) is 16.1. The van der Waals surface area contributed by atoms with Gasteiger partial charge in [0.25, 0.3) is 0 Å². The van der Waals surface area contributed by atoms with Gasteiger partial charge >= 0.3 is 0 Å². The quantitative estimate of drug-likeness (QED) is 0.788. The summed E-state index contributed by atoms with van der Waals surface area (Å²) in [5, 5.41) is 12.5. The second-order valence-electron chi connectivity index (χ2n) is 9.08. The van der Waals surface area contributed by atoms with Crippen LogP contribution in [0, 0.1) is 16.7 Å². The van der Waals surface area contributed by atoms with E-state index in [2.05, 4.69) is 5.32 Å². The van der Waals surface area contributed by atoms with Crippen molar-refractivity contribution in [3.63, 3.8) is 0 Å². The highest BCUT2D eigenvalue weighted by molar-refractivity contribution is 5.83. The van der Waals surface area contributed by atoms with Gasteiger partial charge in [-0.15, -0.1) is 0 Å². The molecule has 2 saturated heterocycles. The van der Waals surface area contributed by atoms with Gasteiger partial charge in [0.15, 0.2) is 0 Å². The summed E-state index contributed by atoms with van der Waals surface area (Å²) in [6.45, 7) is 0.839. The first kappa shape index (κ1) is 19.6. The van der Waals surface area contributed by atoms with Crippen LogP contribution >= 0.6 is 0 Å². The van der Waals surface area contributed by atoms with Crippen LogP contribution in [0.25, 0.3) is 0 Å². The van der Waals surface area contributed by atoms with Gasteiger partial charge in [0.05, 0.1) is 25.7 Å². The standard InChI is InChI=1S/C20H28F2N4O2/c21-14-1-8-25(12-14)18(28)19-2-5-20(6-3-19,7-4-19)24-11-17(27)26-13-15(22)9-16(26)10-23/h14-16,24H,1-9,11-13H2. The number of hydrogen-bond donors (Lipinski definition) is 1. The monoisotopic (exact) mass is 394 g/mol. The molecule has 0 aromatic rings. The predicted molar refractivity (Wildman–Crippen MR) is 97.6 cm³/mol. The van der Waals surface area contributed by atoms with Gasteiger partial charge in [-0.1, -0.05) is 0 Å². The molecule has 5 rings (SSSR count). The molecule has 5 aliphatic rings. The first-order valence-electron chi connectivity index (χ1n) is 10.4. The summed E-state index contributed by atoms with van der Waals surface area (Å²) < 4.78 is 27.1. The van der Waals surface area contributed by atoms with E-state index in [0.717, 1.165) is 38.5 Å². The van der Waals surface area contributed by atoms with Gasteiger partial charge in [0.2, 0.25) is 11.8 Å². The minimum Gasteiger partial charge on any atom is -0.339 e. The van der Waals surface area contributed by atoms with Crippen LogP contribution in [0.15, 0.2) is 0 Å². The van der Waals surface area contributed by atoms with Crippen molar-refractivity contribution in [2.45, 2.75) is 75.3 Å². The van der Waals surface area contributed by atoms with Gasteiger partial charge in [0.1, 0.15) is 18.4 Å². The normalized spacial score (nSPS) is 40.0. The number of amides is 2. The molecule has 3 unspecified atom stereocenters. The lowest BCUT2D eigenvalue weighted by Crippen LogP contribution is -2.60. The Morgan fingerprint density at radius 2 is 1.75 bits per heavy atom. The summed E-state index contributed by atoms with van der Waals surface area (Å²) in [6.07, 6.45) is 3.23. The molecule has 28 heavy (non-hydrogen) atoms. The van der Waals surface area contributed by atoms with E-state index in [1.807, 2.05) is 6.07 Å². The van der Waals surface area contributed by atoms with Crippen LogP contribution in [0.1, 0.15) is 51.4 Å². The first-order valence-corrected chi connectivity index (χ1v) is 10.4. The largest absolute Gasteiger partial charge is 0.339 e. The van der Waals surface area contributed by atoms with Crippen molar-refractivity contribution in [3.05, 3.63) is 0 Å². The summed E-state index contributed by atoms with van der Waals surface area (Å²) in [7, 11) is 0. The SMILES string of the molecule is N#CC1CC(F)CN1C(=O)CNC12CCC(C(=O)N3CCC(F)C3)(CC1)CC2. The highest BCUT2D eigenvalue weighted by Crippen LogP contribution is 2.53. The van der Waals surface area contributed by atoms with E-state index in [1.54, 1.807) is 4.90 Å². The molecule has 3 atom stereocenters. The molecule has 0 aromatic heterocycles. The maximum atomic E-state index is 13.6. The van der Waals surface area contributed by atoms with Crippen LogP contribution in [0.2, 0.25) is 0 Å². The summed E-state index contributed by atoms with van der Waals surface area (Å²) in [6, 6.07) is 1.33. The maximum absolute atomic E-state index is 13.6. The van der Waals surface area contributed by atoms with Crippen LogP contribution in [0.4, 0.5) is 8.78 Å². The molecule has 0 radical (unpaired) electrons. The number of halogens is 2. The van der Waals surface area contributed by atoms with E-state index in [1.165, 1.54) is 4.90 Å². The number of hydrogen-bond acceptors (Lipinski definition) is 4. The van der Waals surface area contributed by atoms with E-state index in [4.69, 9.17) is 5.26 Å². The molecule has 6 nitrogen and oxygen atoms in total. The number of nitriles is 1. The van der Waals surface area contributed by atoms with Crippen LogP contribution in [-0.4, -0.2) is 71.7 Å². The number of carbonyl (C=O) groups excluding carboxylic acids is 2. The van der Waals surface area contributed by atoms with Crippen LogP contribution in [0.5, 0.6) is 0 Å². The van der Waals surface area contributed by atoms with E-state index < -0.39 is 18.4 Å². The number of fused-ring (bicyclic) bond motifs is 3. The van der Waals surface area contributed by atoms with Crippen molar-refractivity contribution in [3.8, 4) is 6.07 Å². The number of alkyl halides is 2. The lowest BCUT2D eigenvalue weighted by Gasteiger charge is -2.53. The Kier molecular flexibility index (Phi) is 5.07. The third kappa shape index (κ3) is 3.38. The third-order valence-corrected chi connectivity index (χ3v) is 7.45. The van der Waals surface area contributed by atoms with Crippen molar-refractivity contribution in [2.75, 3.05) is 26.2 Å². The van der Waals surface area contributed by atoms with E-state index in [-0.39, 0.29) is 48.8 Å². The number of carbonyl (C=O) groups is 2. The van der Waals surface area contributed by atoms with Gasteiger partial charge in [-0.2, -0.15) is 5.26 Å². The number of nitrogens with zero attached hydrogens (tertiary/aromatic N) is 3. The van der Waals surface area contributed by atoms with E-state index in [0.29, 0.717) is 13.0 Å². The molecule has 2 aliphatic heterocycles. The van der Waals surface area contributed by atoms with E-state index >= 15 is 0 Å². The fourth-order valence-corrected chi connectivity index (χ4v) is 5.56. The van der Waals surface area contributed by atoms with Crippen molar-refractivity contribution >= 4 is 11.8 Å². The molecule has 2 amide bonds. The molecule has 154 valence electrons. The first-order chi connectivity index (χ1) is 13.4. The predicted octanol–water partition coefficient (Wildman–Crippen LogP) is 1.70. The Morgan fingerprint density at radius 1 is 1.07 bits per heavy atom. The Labute approximate surface area is 164 Å². The average Bonchev–Trinajstić information content (AvgIpc) is 3.32.